The highest BCUT2D eigenvalue weighted by molar-refractivity contribution is 6.06. The maximum atomic E-state index is 12.5. The molecule has 1 heterocycles. The van der Waals surface area contributed by atoms with Crippen LogP contribution in [0.25, 0.3) is 0 Å². The molecule has 0 spiro atoms. The highest BCUT2D eigenvalue weighted by Crippen LogP contribution is 2.16. The lowest BCUT2D eigenvalue weighted by Crippen LogP contribution is -2.23. The van der Waals surface area contributed by atoms with Crippen molar-refractivity contribution in [2.24, 2.45) is 0 Å². The van der Waals surface area contributed by atoms with E-state index in [1.165, 1.54) is 25.4 Å². The lowest BCUT2D eigenvalue weighted by atomic mass is 10.1. The Morgan fingerprint density at radius 3 is 2.14 bits per heavy atom. The summed E-state index contributed by atoms with van der Waals surface area (Å²) in [7, 11) is 0. The molecule has 0 saturated heterocycles. The van der Waals surface area contributed by atoms with Crippen molar-refractivity contribution in [3.8, 4) is 0 Å². The first kappa shape index (κ1) is 19.8. The maximum absolute atomic E-state index is 12.5. The Hall–Kier alpha value is -4.00. The zero-order chi connectivity index (χ0) is 20.6. The number of anilines is 2. The van der Waals surface area contributed by atoms with Crippen LogP contribution in [0.4, 0.5) is 11.4 Å². The van der Waals surface area contributed by atoms with Gasteiger partial charge in [0.05, 0.1) is 11.1 Å². The third-order valence-electron chi connectivity index (χ3n) is 4.00. The summed E-state index contributed by atoms with van der Waals surface area (Å²) in [5.74, 6) is -0.925. The number of hydrogen-bond donors (Lipinski definition) is 3. The minimum atomic E-state index is -0.407. The van der Waals surface area contributed by atoms with E-state index in [9.17, 15) is 14.4 Å². The smallest absolute Gasteiger partial charge is 0.257 e. The second kappa shape index (κ2) is 9.27. The molecule has 7 nitrogen and oxygen atoms in total. The predicted octanol–water partition coefficient (Wildman–Crippen LogP) is 3.22. The number of carbonyl (C=O) groups is 3. The topological polar surface area (TPSA) is 100 Å². The molecule has 0 aliphatic rings. The number of aromatic nitrogens is 1. The quantitative estimate of drug-likeness (QED) is 0.604. The molecule has 7 heteroatoms. The summed E-state index contributed by atoms with van der Waals surface area (Å²) < 4.78 is 0. The van der Waals surface area contributed by atoms with E-state index in [-0.39, 0.29) is 17.4 Å². The van der Waals surface area contributed by atoms with E-state index in [2.05, 4.69) is 20.9 Å². The van der Waals surface area contributed by atoms with Gasteiger partial charge in [-0.25, -0.2) is 0 Å². The molecule has 146 valence electrons. The van der Waals surface area contributed by atoms with E-state index in [4.69, 9.17) is 0 Å². The highest BCUT2D eigenvalue weighted by atomic mass is 16.2. The Labute approximate surface area is 168 Å². The summed E-state index contributed by atoms with van der Waals surface area (Å²) >= 11 is 0. The van der Waals surface area contributed by atoms with Crippen LogP contribution in [-0.2, 0) is 11.3 Å². The zero-order valence-electron chi connectivity index (χ0n) is 15.8. The van der Waals surface area contributed by atoms with E-state index in [0.29, 0.717) is 23.5 Å². The molecule has 0 saturated carbocycles. The first-order chi connectivity index (χ1) is 14.0. The van der Waals surface area contributed by atoms with Crippen molar-refractivity contribution >= 4 is 29.1 Å². The molecule has 1 aromatic heterocycles. The molecule has 29 heavy (non-hydrogen) atoms. The normalized spacial score (nSPS) is 10.1. The van der Waals surface area contributed by atoms with Crippen molar-refractivity contribution in [1.29, 1.82) is 0 Å². The molecular formula is C22H20N4O3. The zero-order valence-corrected chi connectivity index (χ0v) is 15.8. The van der Waals surface area contributed by atoms with Crippen LogP contribution in [0.2, 0.25) is 0 Å². The number of carbonyl (C=O) groups excluding carboxylic acids is 3. The van der Waals surface area contributed by atoms with Gasteiger partial charge in [-0.05, 0) is 29.8 Å². The number of rotatable bonds is 6. The fraction of sp³-hybridized carbons (Fsp3) is 0.0909. The SMILES string of the molecule is CC(=O)Nc1cccc(NC(=O)c2cncc(C(=O)NCc3ccccc3)c2)c1. The molecule has 3 rings (SSSR count). The van der Waals surface area contributed by atoms with Crippen molar-refractivity contribution in [2.75, 3.05) is 10.6 Å². The lowest BCUT2D eigenvalue weighted by molar-refractivity contribution is -0.114. The third kappa shape index (κ3) is 5.74. The molecule has 3 aromatic rings. The Kier molecular flexibility index (Phi) is 6.32. The summed E-state index contributed by atoms with van der Waals surface area (Å²) in [5.41, 5.74) is 2.60. The van der Waals surface area contributed by atoms with Crippen molar-refractivity contribution in [2.45, 2.75) is 13.5 Å². The van der Waals surface area contributed by atoms with Crippen molar-refractivity contribution < 1.29 is 14.4 Å². The summed E-state index contributed by atoms with van der Waals surface area (Å²) in [4.78, 5) is 40.1. The summed E-state index contributed by atoms with van der Waals surface area (Å²) in [6.07, 6.45) is 2.80. The summed E-state index contributed by atoms with van der Waals surface area (Å²) in [5, 5.41) is 8.19. The van der Waals surface area contributed by atoms with Crippen LogP contribution >= 0.6 is 0 Å². The fourth-order valence-electron chi connectivity index (χ4n) is 2.65. The molecule has 3 amide bonds. The molecule has 3 N–H and O–H groups in total. The number of nitrogens with zero attached hydrogens (tertiary/aromatic N) is 1. The van der Waals surface area contributed by atoms with Gasteiger partial charge in [0.1, 0.15) is 0 Å². The van der Waals surface area contributed by atoms with Crippen molar-refractivity contribution in [3.63, 3.8) is 0 Å². The predicted molar refractivity (Wildman–Crippen MR) is 111 cm³/mol. The van der Waals surface area contributed by atoms with Gasteiger partial charge in [0, 0.05) is 37.2 Å². The maximum Gasteiger partial charge on any atom is 0.257 e. The molecule has 2 aromatic carbocycles. The fourth-order valence-corrected chi connectivity index (χ4v) is 2.65. The number of benzene rings is 2. The first-order valence-corrected chi connectivity index (χ1v) is 8.97. The Morgan fingerprint density at radius 1 is 0.793 bits per heavy atom. The average molecular weight is 388 g/mol. The second-order valence-electron chi connectivity index (χ2n) is 6.35. The average Bonchev–Trinajstić information content (AvgIpc) is 2.72. The van der Waals surface area contributed by atoms with Gasteiger partial charge in [-0.15, -0.1) is 0 Å². The van der Waals surface area contributed by atoms with Crippen LogP contribution in [0.1, 0.15) is 33.2 Å². The van der Waals surface area contributed by atoms with Crippen LogP contribution in [0.15, 0.2) is 73.1 Å². The van der Waals surface area contributed by atoms with Crippen LogP contribution in [-0.4, -0.2) is 22.7 Å². The number of amides is 3. The van der Waals surface area contributed by atoms with Gasteiger partial charge in [0.15, 0.2) is 0 Å². The summed E-state index contributed by atoms with van der Waals surface area (Å²) in [6.45, 7) is 1.79. The second-order valence-corrected chi connectivity index (χ2v) is 6.35. The molecule has 0 aliphatic heterocycles. The van der Waals surface area contributed by atoms with Crippen LogP contribution in [0.3, 0.4) is 0 Å². The van der Waals surface area contributed by atoms with Gasteiger partial charge >= 0.3 is 0 Å². The van der Waals surface area contributed by atoms with Gasteiger partial charge in [-0.2, -0.15) is 0 Å². The van der Waals surface area contributed by atoms with E-state index in [0.717, 1.165) is 5.56 Å². The molecule has 0 radical (unpaired) electrons. The van der Waals surface area contributed by atoms with E-state index < -0.39 is 5.91 Å². The largest absolute Gasteiger partial charge is 0.348 e. The Bertz CT molecular complexity index is 1030. The monoisotopic (exact) mass is 388 g/mol. The van der Waals surface area contributed by atoms with Gasteiger partial charge in [-0.3, -0.25) is 19.4 Å². The molecule has 0 atom stereocenters. The van der Waals surface area contributed by atoms with Gasteiger partial charge in [0.2, 0.25) is 5.91 Å². The molecule has 0 fully saturated rings. The number of pyridine rings is 1. The van der Waals surface area contributed by atoms with Gasteiger partial charge in [0.25, 0.3) is 11.8 Å². The Balaban J connectivity index is 1.66. The van der Waals surface area contributed by atoms with Crippen molar-refractivity contribution in [1.82, 2.24) is 10.3 Å². The standard InChI is InChI=1S/C22H20N4O3/c1-15(27)25-19-8-5-9-20(11-19)26-22(29)18-10-17(13-23-14-18)21(28)24-12-16-6-3-2-4-7-16/h2-11,13-14H,12H2,1H3,(H,24,28)(H,25,27)(H,26,29). The minimum absolute atomic E-state index is 0.202. The minimum Gasteiger partial charge on any atom is -0.348 e. The number of hydrogen-bond acceptors (Lipinski definition) is 4. The summed E-state index contributed by atoms with van der Waals surface area (Å²) in [6, 6.07) is 17.8. The van der Waals surface area contributed by atoms with E-state index in [1.54, 1.807) is 24.3 Å². The lowest BCUT2D eigenvalue weighted by Gasteiger charge is -2.09. The third-order valence-corrected chi connectivity index (χ3v) is 4.00. The molecule has 0 bridgehead atoms. The molecule has 0 unspecified atom stereocenters. The van der Waals surface area contributed by atoms with Crippen LogP contribution < -0.4 is 16.0 Å². The van der Waals surface area contributed by atoms with Gasteiger partial charge < -0.3 is 16.0 Å². The van der Waals surface area contributed by atoms with E-state index >= 15 is 0 Å². The van der Waals surface area contributed by atoms with Gasteiger partial charge in [-0.1, -0.05) is 36.4 Å². The van der Waals surface area contributed by atoms with Crippen LogP contribution in [0.5, 0.6) is 0 Å². The molecule has 0 aliphatic carbocycles. The Morgan fingerprint density at radius 2 is 1.45 bits per heavy atom. The van der Waals surface area contributed by atoms with Crippen molar-refractivity contribution in [3.05, 3.63) is 89.7 Å². The molecular weight excluding hydrogens is 368 g/mol. The highest BCUT2D eigenvalue weighted by Gasteiger charge is 2.12. The van der Waals surface area contributed by atoms with Crippen LogP contribution in [0, 0.1) is 0 Å². The van der Waals surface area contributed by atoms with E-state index in [1.807, 2.05) is 30.3 Å². The number of nitrogens with one attached hydrogen (secondary N) is 3. The first-order valence-electron chi connectivity index (χ1n) is 8.97.